The van der Waals surface area contributed by atoms with Crippen LogP contribution in [0.15, 0.2) is 48.0 Å². The van der Waals surface area contributed by atoms with Crippen molar-refractivity contribution in [1.82, 2.24) is 9.80 Å². The zero-order valence-electron chi connectivity index (χ0n) is 19.7. The van der Waals surface area contributed by atoms with Crippen molar-refractivity contribution in [3.05, 3.63) is 64.7 Å². The van der Waals surface area contributed by atoms with E-state index in [1.165, 1.54) is 0 Å². The topological polar surface area (TPSA) is 88.5 Å². The lowest BCUT2D eigenvalue weighted by molar-refractivity contribution is -0.140. The Morgan fingerprint density at radius 2 is 1.79 bits per heavy atom. The third-order valence-corrected chi connectivity index (χ3v) is 6.42. The highest BCUT2D eigenvalue weighted by molar-refractivity contribution is 6.46. The van der Waals surface area contributed by atoms with E-state index in [0.29, 0.717) is 48.9 Å². The van der Waals surface area contributed by atoms with Gasteiger partial charge in [-0.05, 0) is 36.8 Å². The van der Waals surface area contributed by atoms with E-state index in [2.05, 4.69) is 4.90 Å². The summed E-state index contributed by atoms with van der Waals surface area (Å²) < 4.78 is 16.2. The normalized spacial score (nSPS) is 20.6. The monoisotopic (exact) mass is 466 g/mol. The van der Waals surface area contributed by atoms with Gasteiger partial charge in [-0.3, -0.25) is 14.5 Å². The molecule has 8 nitrogen and oxygen atoms in total. The van der Waals surface area contributed by atoms with Crippen molar-refractivity contribution in [3.8, 4) is 11.5 Å². The van der Waals surface area contributed by atoms with Gasteiger partial charge in [-0.25, -0.2) is 0 Å². The number of morpholine rings is 1. The minimum Gasteiger partial charge on any atom is -0.507 e. The first-order chi connectivity index (χ1) is 16.5. The predicted molar refractivity (Wildman–Crippen MR) is 127 cm³/mol. The number of methoxy groups -OCH3 is 2. The molecule has 0 aromatic heterocycles. The summed E-state index contributed by atoms with van der Waals surface area (Å²) in [4.78, 5) is 30.3. The number of Topliss-reactive ketones (excluding diaryl/α,β-unsaturated/α-hetero) is 1. The molecule has 0 aliphatic carbocycles. The van der Waals surface area contributed by atoms with Crippen molar-refractivity contribution in [2.45, 2.75) is 13.0 Å². The van der Waals surface area contributed by atoms with E-state index in [1.807, 2.05) is 25.1 Å². The molecule has 8 heteroatoms. The number of likely N-dealkylation sites (tertiary alicyclic amines) is 1. The van der Waals surface area contributed by atoms with Gasteiger partial charge in [-0.15, -0.1) is 0 Å². The number of carbonyl (C=O) groups is 2. The van der Waals surface area contributed by atoms with Crippen LogP contribution >= 0.6 is 0 Å². The van der Waals surface area contributed by atoms with Gasteiger partial charge >= 0.3 is 0 Å². The van der Waals surface area contributed by atoms with Gasteiger partial charge in [-0.1, -0.05) is 18.2 Å². The van der Waals surface area contributed by atoms with Crippen LogP contribution < -0.4 is 9.47 Å². The molecule has 2 aromatic carbocycles. The summed E-state index contributed by atoms with van der Waals surface area (Å²) in [5.41, 5.74) is 1.92. The number of aliphatic hydroxyl groups excluding tert-OH is 1. The Labute approximate surface area is 199 Å². The van der Waals surface area contributed by atoms with Gasteiger partial charge in [0.1, 0.15) is 17.3 Å². The smallest absolute Gasteiger partial charge is 0.295 e. The Bertz CT molecular complexity index is 1110. The summed E-state index contributed by atoms with van der Waals surface area (Å²) >= 11 is 0. The predicted octanol–water partition coefficient (Wildman–Crippen LogP) is 2.77. The average molecular weight is 467 g/mol. The largest absolute Gasteiger partial charge is 0.507 e. The quantitative estimate of drug-likeness (QED) is 0.381. The molecule has 34 heavy (non-hydrogen) atoms. The summed E-state index contributed by atoms with van der Waals surface area (Å²) in [5.74, 6) is -0.352. The fourth-order valence-electron chi connectivity index (χ4n) is 4.57. The lowest BCUT2D eigenvalue weighted by Crippen LogP contribution is -2.42. The van der Waals surface area contributed by atoms with Crippen molar-refractivity contribution < 1.29 is 28.9 Å². The number of aryl methyl sites for hydroxylation is 1. The first-order valence-corrected chi connectivity index (χ1v) is 11.3. The molecule has 0 saturated carbocycles. The number of ether oxygens (including phenoxy) is 3. The summed E-state index contributed by atoms with van der Waals surface area (Å²) in [7, 11) is 3.11. The van der Waals surface area contributed by atoms with Crippen LogP contribution in [-0.2, 0) is 14.3 Å². The van der Waals surface area contributed by atoms with Gasteiger partial charge in [0.2, 0.25) is 0 Å². The van der Waals surface area contributed by atoms with E-state index >= 15 is 0 Å². The van der Waals surface area contributed by atoms with E-state index < -0.39 is 17.7 Å². The van der Waals surface area contributed by atoms with E-state index in [-0.39, 0.29) is 11.3 Å². The number of hydrogen-bond donors (Lipinski definition) is 1. The molecule has 0 radical (unpaired) electrons. The molecule has 180 valence electrons. The lowest BCUT2D eigenvalue weighted by Gasteiger charge is -2.31. The Hall–Kier alpha value is -3.36. The number of ketones is 1. The number of rotatable bonds is 7. The molecule has 0 spiro atoms. The van der Waals surface area contributed by atoms with Crippen LogP contribution in [0.3, 0.4) is 0 Å². The van der Waals surface area contributed by atoms with E-state index in [4.69, 9.17) is 14.2 Å². The van der Waals surface area contributed by atoms with E-state index in [9.17, 15) is 14.7 Å². The van der Waals surface area contributed by atoms with Crippen LogP contribution in [-0.4, -0.2) is 80.2 Å². The molecular weight excluding hydrogens is 436 g/mol. The maximum atomic E-state index is 13.3. The van der Waals surface area contributed by atoms with Crippen molar-refractivity contribution in [2.24, 2.45) is 0 Å². The summed E-state index contributed by atoms with van der Waals surface area (Å²) in [6.07, 6.45) is 0. The molecule has 2 saturated heterocycles. The van der Waals surface area contributed by atoms with Crippen molar-refractivity contribution in [3.63, 3.8) is 0 Å². The number of amides is 1. The third-order valence-electron chi connectivity index (χ3n) is 6.42. The molecule has 1 N–H and O–H groups in total. The summed E-state index contributed by atoms with van der Waals surface area (Å²) in [6, 6.07) is 11.7. The zero-order chi connectivity index (χ0) is 24.2. The minimum atomic E-state index is -0.765. The average Bonchev–Trinajstić information content (AvgIpc) is 3.12. The highest BCUT2D eigenvalue weighted by Crippen LogP contribution is 2.43. The second-order valence-electron chi connectivity index (χ2n) is 8.37. The molecule has 2 aromatic rings. The Kier molecular flexibility index (Phi) is 7.19. The molecule has 0 bridgehead atoms. The second-order valence-corrected chi connectivity index (χ2v) is 8.37. The molecular formula is C26H30N2O6. The SMILES string of the molecule is COc1ccc(/C(O)=C2\C(=O)C(=O)N(CCN3CCOCC3)[C@H]2c2ccccc2OC)c(C)c1. The Balaban J connectivity index is 1.79. The molecule has 1 amide bonds. The van der Waals surface area contributed by atoms with Crippen molar-refractivity contribution >= 4 is 17.4 Å². The molecule has 1 atom stereocenters. The maximum Gasteiger partial charge on any atom is 0.295 e. The highest BCUT2D eigenvalue weighted by Gasteiger charge is 2.47. The van der Waals surface area contributed by atoms with Gasteiger partial charge < -0.3 is 24.2 Å². The zero-order valence-corrected chi connectivity index (χ0v) is 19.7. The maximum absolute atomic E-state index is 13.3. The number of hydrogen-bond acceptors (Lipinski definition) is 7. The van der Waals surface area contributed by atoms with Crippen molar-refractivity contribution in [1.29, 1.82) is 0 Å². The van der Waals surface area contributed by atoms with Gasteiger partial charge in [0.15, 0.2) is 0 Å². The van der Waals surface area contributed by atoms with Crippen LogP contribution in [0, 0.1) is 6.92 Å². The first kappa shape index (κ1) is 23.8. The fraction of sp³-hybridized carbons (Fsp3) is 0.385. The first-order valence-electron chi connectivity index (χ1n) is 11.3. The van der Waals surface area contributed by atoms with Crippen LogP contribution in [0.25, 0.3) is 5.76 Å². The standard InChI is InChI=1S/C26H30N2O6/c1-17-16-18(32-2)8-9-19(17)24(29)22-23(20-6-4-5-7-21(20)33-3)28(26(31)25(22)30)11-10-27-12-14-34-15-13-27/h4-9,16,23,29H,10-15H2,1-3H3/b24-22+/t23-/m0/s1. The van der Waals surface area contributed by atoms with Gasteiger partial charge in [0.25, 0.3) is 11.7 Å². The molecule has 2 heterocycles. The molecule has 0 unspecified atom stereocenters. The third kappa shape index (κ3) is 4.51. The molecule has 2 aliphatic heterocycles. The summed E-state index contributed by atoms with van der Waals surface area (Å²) in [6.45, 7) is 5.60. The van der Waals surface area contributed by atoms with Gasteiger partial charge in [-0.2, -0.15) is 0 Å². The summed E-state index contributed by atoms with van der Waals surface area (Å²) in [5, 5.41) is 11.4. The number of para-hydroxylation sites is 1. The van der Waals surface area contributed by atoms with Gasteiger partial charge in [0.05, 0.1) is 39.0 Å². The highest BCUT2D eigenvalue weighted by atomic mass is 16.5. The number of nitrogens with zero attached hydrogens (tertiary/aromatic N) is 2. The van der Waals surface area contributed by atoms with Crippen LogP contribution in [0.4, 0.5) is 0 Å². The number of aliphatic hydroxyl groups is 1. The number of carbonyl (C=O) groups excluding carboxylic acids is 2. The molecule has 4 rings (SSSR count). The fourth-order valence-corrected chi connectivity index (χ4v) is 4.57. The van der Waals surface area contributed by atoms with Gasteiger partial charge in [0, 0.05) is 37.3 Å². The molecule has 2 fully saturated rings. The Morgan fingerprint density at radius 3 is 2.47 bits per heavy atom. The van der Waals surface area contributed by atoms with Crippen LogP contribution in [0.1, 0.15) is 22.7 Å². The van der Waals surface area contributed by atoms with E-state index in [0.717, 1.165) is 18.7 Å². The molecule has 2 aliphatic rings. The lowest BCUT2D eigenvalue weighted by atomic mass is 9.93. The second kappa shape index (κ2) is 10.3. The van der Waals surface area contributed by atoms with Crippen molar-refractivity contribution in [2.75, 3.05) is 53.6 Å². The number of benzene rings is 2. The van der Waals surface area contributed by atoms with Crippen LogP contribution in [0.5, 0.6) is 11.5 Å². The minimum absolute atomic E-state index is 0.0599. The van der Waals surface area contributed by atoms with E-state index in [1.54, 1.807) is 43.4 Å². The Morgan fingerprint density at radius 1 is 1.06 bits per heavy atom. The van der Waals surface area contributed by atoms with Crippen LogP contribution in [0.2, 0.25) is 0 Å².